The molecule has 130 valence electrons. The third kappa shape index (κ3) is 3.61. The van der Waals surface area contributed by atoms with Crippen molar-refractivity contribution < 1.29 is 13.9 Å². The number of nitrogens with zero attached hydrogens (tertiary/aromatic N) is 1. The number of halogens is 1. The largest absolute Gasteiger partial charge is 0.445 e. The van der Waals surface area contributed by atoms with Gasteiger partial charge in [-0.25, -0.2) is 4.98 Å². The Morgan fingerprint density at radius 3 is 2.75 bits per heavy atom. The van der Waals surface area contributed by atoms with Crippen molar-refractivity contribution in [2.75, 3.05) is 25.1 Å². The zero-order chi connectivity index (χ0) is 16.3. The number of benzene rings is 1. The second kappa shape index (κ2) is 7.79. The van der Waals surface area contributed by atoms with E-state index in [0.29, 0.717) is 44.2 Å². The summed E-state index contributed by atoms with van der Waals surface area (Å²) >= 11 is 0. The van der Waals surface area contributed by atoms with Crippen molar-refractivity contribution in [3.05, 3.63) is 36.2 Å². The van der Waals surface area contributed by atoms with Gasteiger partial charge in [0.1, 0.15) is 6.26 Å². The summed E-state index contributed by atoms with van der Waals surface area (Å²) in [5.74, 6) is 0.490. The van der Waals surface area contributed by atoms with Gasteiger partial charge < -0.3 is 20.2 Å². The molecule has 0 unspecified atom stereocenters. The average Bonchev–Trinajstić information content (AvgIpc) is 3.11. The molecule has 1 fully saturated rings. The minimum atomic E-state index is -0.549. The molecule has 3 rings (SSSR count). The lowest BCUT2D eigenvalue weighted by atomic mass is 9.79. The molecule has 0 saturated carbocycles. The first kappa shape index (κ1) is 18.4. The first-order valence-corrected chi connectivity index (χ1v) is 7.74. The van der Waals surface area contributed by atoms with Gasteiger partial charge in [-0.3, -0.25) is 4.79 Å². The van der Waals surface area contributed by atoms with E-state index < -0.39 is 5.41 Å². The van der Waals surface area contributed by atoms with E-state index in [0.717, 1.165) is 11.1 Å². The highest BCUT2D eigenvalue weighted by molar-refractivity contribution is 5.96. The zero-order valence-corrected chi connectivity index (χ0v) is 14.4. The van der Waals surface area contributed by atoms with Crippen LogP contribution in [0.5, 0.6) is 0 Å². The summed E-state index contributed by atoms with van der Waals surface area (Å²) in [7, 11) is 0. The maximum atomic E-state index is 12.7. The van der Waals surface area contributed by atoms with Crippen LogP contribution in [0.25, 0.3) is 11.5 Å². The summed E-state index contributed by atoms with van der Waals surface area (Å²) in [5, 5.41) is 2.99. The quantitative estimate of drug-likeness (QED) is 0.883. The van der Waals surface area contributed by atoms with Gasteiger partial charge in [-0.15, -0.1) is 12.4 Å². The fourth-order valence-corrected chi connectivity index (χ4v) is 2.84. The number of carbonyl (C=O) groups excluding carboxylic acids is 1. The van der Waals surface area contributed by atoms with E-state index in [2.05, 4.69) is 10.3 Å². The summed E-state index contributed by atoms with van der Waals surface area (Å²) in [6.45, 7) is 3.44. The van der Waals surface area contributed by atoms with Crippen molar-refractivity contribution in [2.24, 2.45) is 11.1 Å². The molecule has 0 radical (unpaired) electrons. The Labute approximate surface area is 147 Å². The molecule has 0 aliphatic carbocycles. The number of ether oxygens (including phenoxy) is 1. The maximum absolute atomic E-state index is 12.7. The van der Waals surface area contributed by atoms with Crippen LogP contribution >= 0.6 is 12.4 Å². The third-order valence-electron chi connectivity index (χ3n) is 4.48. The van der Waals surface area contributed by atoms with Gasteiger partial charge in [0, 0.05) is 31.0 Å². The molecule has 1 aliphatic heterocycles. The Morgan fingerprint density at radius 2 is 2.12 bits per heavy atom. The lowest BCUT2D eigenvalue weighted by Gasteiger charge is -2.34. The summed E-state index contributed by atoms with van der Waals surface area (Å²) in [4.78, 5) is 16.9. The fourth-order valence-electron chi connectivity index (χ4n) is 2.84. The molecular formula is C17H22ClN3O3. The third-order valence-corrected chi connectivity index (χ3v) is 4.48. The van der Waals surface area contributed by atoms with Crippen molar-refractivity contribution >= 4 is 24.0 Å². The minimum Gasteiger partial charge on any atom is -0.445 e. The predicted octanol–water partition coefficient (Wildman–Crippen LogP) is 2.77. The number of carbonyl (C=O) groups is 1. The van der Waals surface area contributed by atoms with Gasteiger partial charge in [0.05, 0.1) is 11.6 Å². The lowest BCUT2D eigenvalue weighted by Crippen LogP contribution is -2.46. The number of oxazole rings is 1. The number of nitrogens with two attached hydrogens (primary N) is 1. The number of rotatable bonds is 4. The van der Waals surface area contributed by atoms with Crippen LogP contribution in [0.3, 0.4) is 0 Å². The number of hydrogen-bond donors (Lipinski definition) is 2. The maximum Gasteiger partial charge on any atom is 0.232 e. The molecule has 1 aromatic heterocycles. The molecule has 2 aromatic rings. The Balaban J connectivity index is 0.00000208. The van der Waals surface area contributed by atoms with Crippen molar-refractivity contribution in [2.45, 2.75) is 19.8 Å². The van der Waals surface area contributed by atoms with Gasteiger partial charge in [0.25, 0.3) is 0 Å². The summed E-state index contributed by atoms with van der Waals surface area (Å²) in [6.07, 6.45) is 4.43. The normalized spacial score (nSPS) is 16.2. The van der Waals surface area contributed by atoms with Crippen molar-refractivity contribution in [3.63, 3.8) is 0 Å². The predicted molar refractivity (Wildman–Crippen MR) is 94.1 cm³/mol. The molecule has 24 heavy (non-hydrogen) atoms. The molecule has 1 saturated heterocycles. The molecule has 1 aliphatic rings. The molecule has 2 heterocycles. The Hall–Kier alpha value is -1.89. The van der Waals surface area contributed by atoms with E-state index in [4.69, 9.17) is 14.9 Å². The molecule has 7 heteroatoms. The van der Waals surface area contributed by atoms with E-state index in [9.17, 15) is 4.79 Å². The van der Waals surface area contributed by atoms with Crippen LogP contribution in [0, 0.1) is 12.3 Å². The van der Waals surface area contributed by atoms with Crippen LogP contribution in [0.2, 0.25) is 0 Å². The highest BCUT2D eigenvalue weighted by atomic mass is 35.5. The van der Waals surface area contributed by atoms with Crippen LogP contribution in [0.1, 0.15) is 18.4 Å². The number of aromatic nitrogens is 1. The van der Waals surface area contributed by atoms with Gasteiger partial charge in [0.2, 0.25) is 11.8 Å². The van der Waals surface area contributed by atoms with E-state index in [1.54, 1.807) is 6.20 Å². The molecule has 1 amide bonds. The highest BCUT2D eigenvalue weighted by Gasteiger charge is 2.38. The number of aryl methyl sites for hydroxylation is 1. The van der Waals surface area contributed by atoms with Crippen LogP contribution in [0.15, 0.2) is 35.1 Å². The van der Waals surface area contributed by atoms with Gasteiger partial charge >= 0.3 is 0 Å². The first-order chi connectivity index (χ1) is 11.1. The van der Waals surface area contributed by atoms with Crippen molar-refractivity contribution in [3.8, 4) is 11.5 Å². The second-order valence-electron chi connectivity index (χ2n) is 5.92. The zero-order valence-electron chi connectivity index (χ0n) is 13.6. The molecule has 3 N–H and O–H groups in total. The number of hydrogen-bond acceptors (Lipinski definition) is 5. The van der Waals surface area contributed by atoms with Crippen LogP contribution < -0.4 is 11.1 Å². The van der Waals surface area contributed by atoms with Gasteiger partial charge in [-0.05, 0) is 37.5 Å². The summed E-state index contributed by atoms with van der Waals surface area (Å²) < 4.78 is 10.7. The van der Waals surface area contributed by atoms with Gasteiger partial charge in [0.15, 0.2) is 0 Å². The Kier molecular flexibility index (Phi) is 5.99. The van der Waals surface area contributed by atoms with Gasteiger partial charge in [-0.1, -0.05) is 6.07 Å². The molecule has 1 aromatic carbocycles. The van der Waals surface area contributed by atoms with Gasteiger partial charge in [-0.2, -0.15) is 0 Å². The molecule has 0 spiro atoms. The monoisotopic (exact) mass is 351 g/mol. The van der Waals surface area contributed by atoms with Crippen LogP contribution in [-0.4, -0.2) is 30.6 Å². The standard InChI is InChI=1S/C17H21N3O3.ClH/c1-12-2-3-13(10-14(12)15-19-6-9-23-15)20-16(21)17(11-18)4-7-22-8-5-17;/h2-3,6,9-10H,4-5,7-8,11,18H2,1H3,(H,20,21);1H. The summed E-state index contributed by atoms with van der Waals surface area (Å²) in [5.41, 5.74) is 7.94. The minimum absolute atomic E-state index is 0. The molecule has 0 bridgehead atoms. The lowest BCUT2D eigenvalue weighted by molar-refractivity contribution is -0.130. The Bertz CT molecular complexity index is 682. The van der Waals surface area contributed by atoms with Crippen molar-refractivity contribution in [1.29, 1.82) is 0 Å². The number of nitrogens with one attached hydrogen (secondary N) is 1. The molecule has 6 nitrogen and oxygen atoms in total. The molecule has 0 atom stereocenters. The van der Waals surface area contributed by atoms with E-state index in [1.165, 1.54) is 6.26 Å². The fraction of sp³-hybridized carbons (Fsp3) is 0.412. The SMILES string of the molecule is Cc1ccc(NC(=O)C2(CN)CCOCC2)cc1-c1ncco1.Cl. The molecular weight excluding hydrogens is 330 g/mol. The van der Waals surface area contributed by atoms with Crippen LogP contribution in [-0.2, 0) is 9.53 Å². The first-order valence-electron chi connectivity index (χ1n) is 7.74. The smallest absolute Gasteiger partial charge is 0.232 e. The topological polar surface area (TPSA) is 90.4 Å². The van der Waals surface area contributed by atoms with E-state index in [1.807, 2.05) is 25.1 Å². The second-order valence-corrected chi connectivity index (χ2v) is 5.92. The highest BCUT2D eigenvalue weighted by Crippen LogP contribution is 2.32. The van der Waals surface area contributed by atoms with E-state index in [-0.39, 0.29) is 18.3 Å². The average molecular weight is 352 g/mol. The van der Waals surface area contributed by atoms with Crippen molar-refractivity contribution in [1.82, 2.24) is 4.98 Å². The van der Waals surface area contributed by atoms with E-state index >= 15 is 0 Å². The number of amides is 1. The number of anilines is 1. The Morgan fingerprint density at radius 1 is 1.38 bits per heavy atom. The van der Waals surface area contributed by atoms with Crippen LogP contribution in [0.4, 0.5) is 5.69 Å². The summed E-state index contributed by atoms with van der Waals surface area (Å²) in [6, 6.07) is 5.69.